The molecule has 74 valence electrons. The molecular formula is C9H21NOS. The van der Waals surface area contributed by atoms with Crippen molar-refractivity contribution in [1.82, 2.24) is 5.32 Å². The van der Waals surface area contributed by atoms with Gasteiger partial charge in [-0.15, -0.1) is 0 Å². The zero-order valence-electron chi connectivity index (χ0n) is 8.43. The summed E-state index contributed by atoms with van der Waals surface area (Å²) in [6.45, 7) is 5.19. The summed E-state index contributed by atoms with van der Waals surface area (Å²) in [4.78, 5) is 0. The summed E-state index contributed by atoms with van der Waals surface area (Å²) in [5.74, 6) is 2.06. The van der Waals surface area contributed by atoms with Gasteiger partial charge in [-0.2, -0.15) is 11.8 Å². The Hall–Kier alpha value is 0.270. The van der Waals surface area contributed by atoms with Crippen molar-refractivity contribution in [3.8, 4) is 0 Å². The highest BCUT2D eigenvalue weighted by Gasteiger charge is 1.99. The summed E-state index contributed by atoms with van der Waals surface area (Å²) < 4.78 is 4.94. The third-order valence-electron chi connectivity index (χ3n) is 1.79. The molecule has 0 rings (SSSR count). The van der Waals surface area contributed by atoms with Gasteiger partial charge in [0.05, 0.1) is 6.61 Å². The molecule has 0 fully saturated rings. The molecule has 0 saturated carbocycles. The van der Waals surface area contributed by atoms with Gasteiger partial charge in [0.15, 0.2) is 0 Å². The van der Waals surface area contributed by atoms with Crippen molar-refractivity contribution in [2.75, 3.05) is 38.8 Å². The molecule has 0 aromatic carbocycles. The number of thioether (sulfide) groups is 1. The minimum absolute atomic E-state index is 0.786. The monoisotopic (exact) mass is 191 g/mol. The number of hydrogen-bond acceptors (Lipinski definition) is 3. The molecule has 12 heavy (non-hydrogen) atoms. The second-order valence-corrected chi connectivity index (χ2v) is 4.07. The first-order chi connectivity index (χ1) is 5.81. The minimum atomic E-state index is 0.786. The van der Waals surface area contributed by atoms with Crippen LogP contribution in [0.4, 0.5) is 0 Å². The van der Waals surface area contributed by atoms with Crippen molar-refractivity contribution in [2.24, 2.45) is 5.92 Å². The average molecular weight is 191 g/mol. The Morgan fingerprint density at radius 3 is 2.83 bits per heavy atom. The van der Waals surface area contributed by atoms with E-state index in [1.165, 1.54) is 12.2 Å². The summed E-state index contributed by atoms with van der Waals surface area (Å²) in [5.41, 5.74) is 0. The zero-order chi connectivity index (χ0) is 9.23. The van der Waals surface area contributed by atoms with E-state index in [1.807, 2.05) is 11.8 Å². The molecule has 3 heteroatoms. The summed E-state index contributed by atoms with van der Waals surface area (Å²) in [7, 11) is 1.73. The van der Waals surface area contributed by atoms with Gasteiger partial charge in [-0.25, -0.2) is 0 Å². The molecule has 0 saturated heterocycles. The van der Waals surface area contributed by atoms with Crippen LogP contribution in [0.2, 0.25) is 0 Å². The average Bonchev–Trinajstić information content (AvgIpc) is 2.09. The summed E-state index contributed by atoms with van der Waals surface area (Å²) in [6, 6.07) is 0. The lowest BCUT2D eigenvalue weighted by molar-refractivity contribution is 0.198. The highest BCUT2D eigenvalue weighted by Crippen LogP contribution is 2.04. The lowest BCUT2D eigenvalue weighted by Crippen LogP contribution is -2.25. The lowest BCUT2D eigenvalue weighted by atomic mass is 10.1. The van der Waals surface area contributed by atoms with E-state index in [-0.39, 0.29) is 0 Å². The Morgan fingerprint density at radius 2 is 2.25 bits per heavy atom. The van der Waals surface area contributed by atoms with Gasteiger partial charge >= 0.3 is 0 Å². The minimum Gasteiger partial charge on any atom is -0.383 e. The van der Waals surface area contributed by atoms with Crippen molar-refractivity contribution in [1.29, 1.82) is 0 Å². The van der Waals surface area contributed by atoms with Crippen LogP contribution in [0.15, 0.2) is 0 Å². The first-order valence-electron chi connectivity index (χ1n) is 4.49. The van der Waals surface area contributed by atoms with Gasteiger partial charge in [0.1, 0.15) is 0 Å². The van der Waals surface area contributed by atoms with Crippen molar-refractivity contribution >= 4 is 11.8 Å². The second-order valence-electron chi connectivity index (χ2n) is 3.08. The number of methoxy groups -OCH3 is 1. The number of hydrogen-bond donors (Lipinski definition) is 1. The van der Waals surface area contributed by atoms with E-state index in [4.69, 9.17) is 4.74 Å². The number of rotatable bonds is 8. The normalized spacial score (nSPS) is 13.2. The predicted molar refractivity (Wildman–Crippen MR) is 56.9 cm³/mol. The van der Waals surface area contributed by atoms with E-state index in [9.17, 15) is 0 Å². The van der Waals surface area contributed by atoms with E-state index in [1.54, 1.807) is 7.11 Å². The number of nitrogens with one attached hydrogen (secondary N) is 1. The molecule has 0 heterocycles. The number of ether oxygens (including phenoxy) is 1. The van der Waals surface area contributed by atoms with E-state index >= 15 is 0 Å². The third-order valence-corrected chi connectivity index (χ3v) is 2.43. The molecule has 1 atom stereocenters. The van der Waals surface area contributed by atoms with Gasteiger partial charge < -0.3 is 10.1 Å². The van der Waals surface area contributed by atoms with Crippen molar-refractivity contribution < 1.29 is 4.74 Å². The molecule has 0 aliphatic rings. The van der Waals surface area contributed by atoms with E-state index in [2.05, 4.69) is 18.5 Å². The molecular weight excluding hydrogens is 170 g/mol. The molecule has 1 unspecified atom stereocenters. The molecule has 0 radical (unpaired) electrons. The molecule has 0 bridgehead atoms. The van der Waals surface area contributed by atoms with Crippen molar-refractivity contribution in [2.45, 2.75) is 13.3 Å². The third kappa shape index (κ3) is 8.37. The van der Waals surface area contributed by atoms with Crippen LogP contribution in [0.5, 0.6) is 0 Å². The fourth-order valence-electron chi connectivity index (χ4n) is 0.944. The zero-order valence-corrected chi connectivity index (χ0v) is 9.25. The quantitative estimate of drug-likeness (QED) is 0.589. The maximum absolute atomic E-state index is 4.94. The highest BCUT2D eigenvalue weighted by molar-refractivity contribution is 7.98. The largest absolute Gasteiger partial charge is 0.383 e. The van der Waals surface area contributed by atoms with Gasteiger partial charge in [0.2, 0.25) is 0 Å². The van der Waals surface area contributed by atoms with Crippen LogP contribution >= 0.6 is 11.8 Å². The van der Waals surface area contributed by atoms with Gasteiger partial charge in [0.25, 0.3) is 0 Å². The maximum atomic E-state index is 4.94. The Kier molecular flexibility index (Phi) is 9.57. The second kappa shape index (κ2) is 9.36. The molecule has 0 aromatic heterocycles. The predicted octanol–water partition coefficient (Wildman–Crippen LogP) is 1.61. The van der Waals surface area contributed by atoms with E-state index in [0.29, 0.717) is 0 Å². The lowest BCUT2D eigenvalue weighted by Gasteiger charge is -2.11. The fraction of sp³-hybridized carbons (Fsp3) is 1.00. The Morgan fingerprint density at radius 1 is 1.50 bits per heavy atom. The van der Waals surface area contributed by atoms with Crippen LogP contribution in [0, 0.1) is 5.92 Å². The summed E-state index contributed by atoms with van der Waals surface area (Å²) in [6.07, 6.45) is 3.46. The topological polar surface area (TPSA) is 21.3 Å². The molecule has 0 aliphatic carbocycles. The Bertz CT molecular complexity index is 90.6. The van der Waals surface area contributed by atoms with Crippen LogP contribution in [-0.4, -0.2) is 38.8 Å². The smallest absolute Gasteiger partial charge is 0.0587 e. The van der Waals surface area contributed by atoms with E-state index in [0.717, 1.165) is 25.6 Å². The molecule has 2 nitrogen and oxygen atoms in total. The molecule has 1 N–H and O–H groups in total. The van der Waals surface area contributed by atoms with Crippen LogP contribution in [0.3, 0.4) is 0 Å². The van der Waals surface area contributed by atoms with Crippen molar-refractivity contribution in [3.05, 3.63) is 0 Å². The van der Waals surface area contributed by atoms with Crippen LogP contribution < -0.4 is 5.32 Å². The van der Waals surface area contributed by atoms with Gasteiger partial charge in [-0.05, 0) is 30.9 Å². The SMILES string of the molecule is COCCNCC(C)CCSC. The molecule has 0 spiro atoms. The highest BCUT2D eigenvalue weighted by atomic mass is 32.2. The van der Waals surface area contributed by atoms with Gasteiger partial charge in [-0.1, -0.05) is 6.92 Å². The molecule has 0 aromatic rings. The van der Waals surface area contributed by atoms with Crippen LogP contribution in [-0.2, 0) is 4.74 Å². The Balaban J connectivity index is 3.02. The van der Waals surface area contributed by atoms with Gasteiger partial charge in [0, 0.05) is 13.7 Å². The fourth-order valence-corrected chi connectivity index (χ4v) is 1.58. The summed E-state index contributed by atoms with van der Waals surface area (Å²) in [5, 5.41) is 3.36. The van der Waals surface area contributed by atoms with Gasteiger partial charge in [-0.3, -0.25) is 0 Å². The maximum Gasteiger partial charge on any atom is 0.0587 e. The summed E-state index contributed by atoms with van der Waals surface area (Å²) >= 11 is 1.92. The Labute approximate surface area is 80.4 Å². The molecule has 0 amide bonds. The van der Waals surface area contributed by atoms with Crippen LogP contribution in [0.1, 0.15) is 13.3 Å². The first kappa shape index (κ1) is 12.3. The first-order valence-corrected chi connectivity index (χ1v) is 5.89. The van der Waals surface area contributed by atoms with E-state index < -0.39 is 0 Å². The van der Waals surface area contributed by atoms with Crippen LogP contribution in [0.25, 0.3) is 0 Å². The standard InChI is InChI=1S/C9H21NOS/c1-9(4-7-12-3)8-10-5-6-11-2/h9-10H,4-8H2,1-3H3. The molecule has 0 aliphatic heterocycles. The van der Waals surface area contributed by atoms with Crippen molar-refractivity contribution in [3.63, 3.8) is 0 Å².